The SMILES string of the molecule is CC(C)(C)c1ccc2occ(CC(=O)N(CC#N)CC#N)c2c1. The number of hydrogen-bond donors (Lipinski definition) is 0. The molecule has 0 saturated carbocycles. The summed E-state index contributed by atoms with van der Waals surface area (Å²) in [6.45, 7) is 6.20. The Morgan fingerprint density at radius 3 is 2.43 bits per heavy atom. The van der Waals surface area contributed by atoms with Gasteiger partial charge in [-0.15, -0.1) is 0 Å². The summed E-state index contributed by atoms with van der Waals surface area (Å²) in [7, 11) is 0. The van der Waals surface area contributed by atoms with Crippen molar-refractivity contribution in [2.75, 3.05) is 13.1 Å². The molecule has 1 aromatic heterocycles. The molecule has 1 aromatic carbocycles. The van der Waals surface area contributed by atoms with Crippen LogP contribution in [0, 0.1) is 22.7 Å². The van der Waals surface area contributed by atoms with Crippen molar-refractivity contribution in [2.24, 2.45) is 0 Å². The molecule has 2 aromatic rings. The van der Waals surface area contributed by atoms with Gasteiger partial charge in [-0.25, -0.2) is 0 Å². The van der Waals surface area contributed by atoms with Crippen LogP contribution in [0.4, 0.5) is 0 Å². The smallest absolute Gasteiger partial charge is 0.228 e. The van der Waals surface area contributed by atoms with E-state index in [1.54, 1.807) is 6.26 Å². The zero-order valence-corrected chi connectivity index (χ0v) is 13.6. The van der Waals surface area contributed by atoms with Gasteiger partial charge in [0, 0.05) is 10.9 Å². The molecule has 0 spiro atoms. The minimum atomic E-state index is -0.253. The maximum Gasteiger partial charge on any atom is 0.228 e. The summed E-state index contributed by atoms with van der Waals surface area (Å²) in [6.07, 6.45) is 1.69. The quantitative estimate of drug-likeness (QED) is 0.812. The molecule has 1 amide bonds. The highest BCUT2D eigenvalue weighted by molar-refractivity contribution is 5.88. The van der Waals surface area contributed by atoms with Crippen molar-refractivity contribution in [1.82, 2.24) is 4.90 Å². The predicted octanol–water partition coefficient (Wildman–Crippen LogP) is 3.15. The summed E-state index contributed by atoms with van der Waals surface area (Å²) in [4.78, 5) is 13.5. The van der Waals surface area contributed by atoms with E-state index in [2.05, 4.69) is 20.8 Å². The van der Waals surface area contributed by atoms with Gasteiger partial charge < -0.3 is 9.32 Å². The van der Waals surface area contributed by atoms with Crippen molar-refractivity contribution in [3.8, 4) is 12.1 Å². The number of benzene rings is 1. The Bertz CT molecular complexity index is 784. The van der Waals surface area contributed by atoms with Crippen molar-refractivity contribution in [2.45, 2.75) is 32.6 Å². The third kappa shape index (κ3) is 3.70. The van der Waals surface area contributed by atoms with Crippen molar-refractivity contribution in [3.63, 3.8) is 0 Å². The first-order chi connectivity index (χ1) is 10.9. The molecule has 0 aliphatic rings. The molecule has 23 heavy (non-hydrogen) atoms. The number of hydrogen-bond acceptors (Lipinski definition) is 4. The fourth-order valence-corrected chi connectivity index (χ4v) is 2.36. The number of rotatable bonds is 4. The first kappa shape index (κ1) is 16.6. The van der Waals surface area contributed by atoms with Gasteiger partial charge in [-0.1, -0.05) is 26.8 Å². The fraction of sp³-hybridized carbons (Fsp3) is 0.389. The summed E-state index contributed by atoms with van der Waals surface area (Å²) in [5.41, 5.74) is 2.66. The fourth-order valence-electron chi connectivity index (χ4n) is 2.36. The van der Waals surface area contributed by atoms with Gasteiger partial charge in [0.25, 0.3) is 0 Å². The number of amides is 1. The van der Waals surface area contributed by atoms with Crippen LogP contribution >= 0.6 is 0 Å². The number of furan rings is 1. The van der Waals surface area contributed by atoms with E-state index in [-0.39, 0.29) is 30.8 Å². The van der Waals surface area contributed by atoms with E-state index in [0.717, 1.165) is 22.1 Å². The summed E-state index contributed by atoms with van der Waals surface area (Å²) in [5.74, 6) is -0.253. The van der Waals surface area contributed by atoms with Crippen molar-refractivity contribution < 1.29 is 9.21 Å². The number of nitriles is 2. The second-order valence-corrected chi connectivity index (χ2v) is 6.46. The van der Waals surface area contributed by atoms with Crippen LogP contribution in [0.5, 0.6) is 0 Å². The Balaban J connectivity index is 2.31. The minimum Gasteiger partial charge on any atom is -0.464 e. The molecule has 0 radical (unpaired) electrons. The average molecular weight is 309 g/mol. The Kier molecular flexibility index (Phi) is 4.71. The number of carbonyl (C=O) groups excluding carboxylic acids is 1. The first-order valence-corrected chi connectivity index (χ1v) is 7.39. The summed E-state index contributed by atoms with van der Waals surface area (Å²) >= 11 is 0. The van der Waals surface area contributed by atoms with Crippen LogP contribution in [0.3, 0.4) is 0 Å². The van der Waals surface area contributed by atoms with Gasteiger partial charge in [-0.05, 0) is 23.1 Å². The summed E-state index contributed by atoms with van der Waals surface area (Å²) in [6, 6.07) is 9.79. The molecular weight excluding hydrogens is 290 g/mol. The molecule has 5 heteroatoms. The highest BCUT2D eigenvalue weighted by Gasteiger charge is 2.19. The molecule has 118 valence electrons. The summed E-state index contributed by atoms with van der Waals surface area (Å²) < 4.78 is 5.52. The Morgan fingerprint density at radius 2 is 1.87 bits per heavy atom. The van der Waals surface area contributed by atoms with Gasteiger partial charge in [0.15, 0.2) is 0 Å². The van der Waals surface area contributed by atoms with Gasteiger partial charge in [0.1, 0.15) is 18.7 Å². The topological polar surface area (TPSA) is 81.0 Å². The lowest BCUT2D eigenvalue weighted by Gasteiger charge is -2.19. The average Bonchev–Trinajstić information content (AvgIpc) is 2.88. The van der Waals surface area contributed by atoms with Crippen LogP contribution in [0.15, 0.2) is 28.9 Å². The van der Waals surface area contributed by atoms with Gasteiger partial charge in [0.2, 0.25) is 5.91 Å². The first-order valence-electron chi connectivity index (χ1n) is 7.39. The third-order valence-electron chi connectivity index (χ3n) is 3.74. The molecule has 5 nitrogen and oxygen atoms in total. The van der Waals surface area contributed by atoms with E-state index in [1.165, 1.54) is 4.90 Å². The second kappa shape index (κ2) is 6.54. The lowest BCUT2D eigenvalue weighted by atomic mass is 9.86. The zero-order valence-electron chi connectivity index (χ0n) is 13.6. The van der Waals surface area contributed by atoms with Crippen LogP contribution < -0.4 is 0 Å². The monoisotopic (exact) mass is 309 g/mol. The number of carbonyl (C=O) groups is 1. The zero-order chi connectivity index (χ0) is 17.0. The maximum atomic E-state index is 12.3. The molecule has 2 rings (SSSR count). The normalized spacial score (nSPS) is 11.0. The lowest BCUT2D eigenvalue weighted by Crippen LogP contribution is -2.32. The van der Waals surface area contributed by atoms with E-state index >= 15 is 0 Å². The molecule has 0 saturated heterocycles. The Morgan fingerprint density at radius 1 is 1.22 bits per heavy atom. The van der Waals surface area contributed by atoms with Crippen LogP contribution in [0.25, 0.3) is 11.0 Å². The van der Waals surface area contributed by atoms with Crippen LogP contribution in [-0.4, -0.2) is 23.9 Å². The van der Waals surface area contributed by atoms with Crippen molar-refractivity contribution in [3.05, 3.63) is 35.6 Å². The molecule has 0 unspecified atom stereocenters. The molecule has 0 aliphatic carbocycles. The standard InChI is InChI=1S/C18H19N3O2/c1-18(2,3)14-4-5-16-15(11-14)13(12-23-16)10-17(22)21(8-6-19)9-7-20/h4-5,11-12H,8-10H2,1-3H3. The number of nitrogens with zero attached hydrogens (tertiary/aromatic N) is 3. The van der Waals surface area contributed by atoms with Gasteiger partial charge in [-0.2, -0.15) is 10.5 Å². The van der Waals surface area contributed by atoms with Gasteiger partial charge >= 0.3 is 0 Å². The van der Waals surface area contributed by atoms with Crippen molar-refractivity contribution >= 4 is 16.9 Å². The van der Waals surface area contributed by atoms with Crippen LogP contribution in [0.1, 0.15) is 31.9 Å². The van der Waals surface area contributed by atoms with E-state index in [9.17, 15) is 4.79 Å². The van der Waals surface area contributed by atoms with E-state index < -0.39 is 0 Å². The predicted molar refractivity (Wildman–Crippen MR) is 86.4 cm³/mol. The molecule has 0 atom stereocenters. The maximum absolute atomic E-state index is 12.3. The molecular formula is C18H19N3O2. The van der Waals surface area contributed by atoms with Gasteiger partial charge in [0.05, 0.1) is 24.8 Å². The van der Waals surface area contributed by atoms with E-state index in [1.807, 2.05) is 30.3 Å². The number of fused-ring (bicyclic) bond motifs is 1. The summed E-state index contributed by atoms with van der Waals surface area (Å²) in [5, 5.41) is 18.4. The van der Waals surface area contributed by atoms with Crippen LogP contribution in [-0.2, 0) is 16.6 Å². The second-order valence-electron chi connectivity index (χ2n) is 6.46. The molecule has 1 heterocycles. The Hall–Kier alpha value is -2.79. The third-order valence-corrected chi connectivity index (χ3v) is 3.74. The molecule has 0 fully saturated rings. The molecule has 0 aliphatic heterocycles. The van der Waals surface area contributed by atoms with Crippen LogP contribution in [0.2, 0.25) is 0 Å². The van der Waals surface area contributed by atoms with E-state index in [0.29, 0.717) is 0 Å². The minimum absolute atomic E-state index is 0.000388. The largest absolute Gasteiger partial charge is 0.464 e. The lowest BCUT2D eigenvalue weighted by molar-refractivity contribution is -0.129. The molecule has 0 bridgehead atoms. The van der Waals surface area contributed by atoms with Gasteiger partial charge in [-0.3, -0.25) is 4.79 Å². The molecule has 0 N–H and O–H groups in total. The highest BCUT2D eigenvalue weighted by atomic mass is 16.3. The van der Waals surface area contributed by atoms with Crippen molar-refractivity contribution in [1.29, 1.82) is 10.5 Å². The van der Waals surface area contributed by atoms with E-state index in [4.69, 9.17) is 14.9 Å². The highest BCUT2D eigenvalue weighted by Crippen LogP contribution is 2.29. The Labute approximate surface area is 135 Å².